The SMILES string of the molecule is Cc1nc(NC(=O)c2ccc(-c3ccccn3)cc2)nc(-c2ccccn2)n1. The lowest BCUT2D eigenvalue weighted by Crippen LogP contribution is -2.15. The highest BCUT2D eigenvalue weighted by Gasteiger charge is 2.12. The standard InChI is InChI=1S/C21H16N6O/c1-14-24-19(18-7-3-5-13-23-18)26-21(25-14)27-20(28)16-10-8-15(9-11-16)17-6-2-4-12-22-17/h2-13H,1H3,(H,24,25,26,27,28). The van der Waals surface area contributed by atoms with Crippen LogP contribution in [0.1, 0.15) is 16.2 Å². The number of benzene rings is 1. The quantitative estimate of drug-likeness (QED) is 0.592. The molecule has 3 heterocycles. The van der Waals surface area contributed by atoms with Crippen LogP contribution in [0.5, 0.6) is 0 Å². The van der Waals surface area contributed by atoms with E-state index in [1.807, 2.05) is 42.5 Å². The molecule has 0 atom stereocenters. The molecule has 0 aliphatic carbocycles. The van der Waals surface area contributed by atoms with Crippen LogP contribution in [0.15, 0.2) is 73.1 Å². The van der Waals surface area contributed by atoms with E-state index in [-0.39, 0.29) is 11.9 Å². The number of carbonyl (C=O) groups excluding carboxylic acids is 1. The van der Waals surface area contributed by atoms with Gasteiger partial charge in [0.15, 0.2) is 5.82 Å². The number of aromatic nitrogens is 5. The van der Waals surface area contributed by atoms with Crippen molar-refractivity contribution in [2.45, 2.75) is 6.92 Å². The summed E-state index contributed by atoms with van der Waals surface area (Å²) in [7, 11) is 0. The Labute approximate surface area is 161 Å². The molecule has 7 heteroatoms. The van der Waals surface area contributed by atoms with Crippen molar-refractivity contribution < 1.29 is 4.79 Å². The van der Waals surface area contributed by atoms with Crippen LogP contribution in [-0.4, -0.2) is 30.8 Å². The first-order chi connectivity index (χ1) is 13.7. The van der Waals surface area contributed by atoms with E-state index in [0.29, 0.717) is 22.9 Å². The second-order valence-electron chi connectivity index (χ2n) is 5.99. The summed E-state index contributed by atoms with van der Waals surface area (Å²) in [5.41, 5.74) is 2.90. The highest BCUT2D eigenvalue weighted by Crippen LogP contribution is 2.18. The zero-order chi connectivity index (χ0) is 19.3. The van der Waals surface area contributed by atoms with Crippen LogP contribution < -0.4 is 5.32 Å². The predicted octanol–water partition coefficient (Wildman–Crippen LogP) is 3.56. The Kier molecular flexibility index (Phi) is 4.79. The molecule has 4 aromatic rings. The molecule has 0 radical (unpaired) electrons. The second kappa shape index (κ2) is 7.71. The molecule has 0 aliphatic rings. The summed E-state index contributed by atoms with van der Waals surface area (Å²) >= 11 is 0. The first-order valence-electron chi connectivity index (χ1n) is 8.66. The smallest absolute Gasteiger partial charge is 0.258 e. The lowest BCUT2D eigenvalue weighted by Gasteiger charge is -2.07. The molecular formula is C21H16N6O. The molecule has 0 saturated heterocycles. The third-order valence-electron chi connectivity index (χ3n) is 3.97. The zero-order valence-electron chi connectivity index (χ0n) is 15.1. The van der Waals surface area contributed by atoms with Gasteiger partial charge in [-0.25, -0.2) is 4.98 Å². The van der Waals surface area contributed by atoms with Crippen LogP contribution in [0.25, 0.3) is 22.8 Å². The fourth-order valence-corrected chi connectivity index (χ4v) is 2.65. The van der Waals surface area contributed by atoms with Crippen molar-refractivity contribution in [2.75, 3.05) is 5.32 Å². The molecule has 0 fully saturated rings. The third-order valence-corrected chi connectivity index (χ3v) is 3.97. The van der Waals surface area contributed by atoms with E-state index in [1.165, 1.54) is 0 Å². The van der Waals surface area contributed by atoms with E-state index in [1.54, 1.807) is 37.5 Å². The molecule has 0 unspecified atom stereocenters. The lowest BCUT2D eigenvalue weighted by molar-refractivity contribution is 0.102. The maximum atomic E-state index is 12.6. The number of nitrogens with zero attached hydrogens (tertiary/aromatic N) is 5. The van der Waals surface area contributed by atoms with E-state index in [2.05, 4.69) is 30.2 Å². The van der Waals surface area contributed by atoms with Gasteiger partial charge in [0.1, 0.15) is 11.5 Å². The topological polar surface area (TPSA) is 93.6 Å². The molecule has 7 nitrogen and oxygen atoms in total. The number of hydrogen-bond donors (Lipinski definition) is 1. The minimum absolute atomic E-state index is 0.187. The van der Waals surface area contributed by atoms with Crippen molar-refractivity contribution >= 4 is 11.9 Å². The molecule has 1 aromatic carbocycles. The Balaban J connectivity index is 1.55. The number of anilines is 1. The van der Waals surface area contributed by atoms with Crippen molar-refractivity contribution in [1.82, 2.24) is 24.9 Å². The maximum absolute atomic E-state index is 12.6. The van der Waals surface area contributed by atoms with Crippen LogP contribution in [0.3, 0.4) is 0 Å². The van der Waals surface area contributed by atoms with Gasteiger partial charge in [0, 0.05) is 23.5 Å². The van der Waals surface area contributed by atoms with Gasteiger partial charge in [-0.15, -0.1) is 0 Å². The molecule has 0 bridgehead atoms. The van der Waals surface area contributed by atoms with E-state index in [4.69, 9.17) is 0 Å². The molecule has 0 saturated carbocycles. The Morgan fingerprint density at radius 3 is 2.11 bits per heavy atom. The van der Waals surface area contributed by atoms with Gasteiger partial charge in [0.05, 0.1) is 5.69 Å². The Bertz CT molecular complexity index is 1100. The number of rotatable bonds is 4. The van der Waals surface area contributed by atoms with Crippen molar-refractivity contribution in [3.63, 3.8) is 0 Å². The second-order valence-corrected chi connectivity index (χ2v) is 5.99. The van der Waals surface area contributed by atoms with Crippen molar-refractivity contribution in [3.05, 3.63) is 84.4 Å². The minimum atomic E-state index is -0.301. The van der Waals surface area contributed by atoms with Gasteiger partial charge in [-0.3, -0.25) is 20.1 Å². The van der Waals surface area contributed by atoms with Gasteiger partial charge in [-0.1, -0.05) is 24.3 Å². The average Bonchev–Trinajstić information content (AvgIpc) is 2.75. The summed E-state index contributed by atoms with van der Waals surface area (Å²) in [5.74, 6) is 0.794. The van der Waals surface area contributed by atoms with Crippen LogP contribution in [0.4, 0.5) is 5.95 Å². The summed E-state index contributed by atoms with van der Waals surface area (Å²) in [6.45, 7) is 1.74. The van der Waals surface area contributed by atoms with Gasteiger partial charge in [-0.2, -0.15) is 9.97 Å². The molecule has 136 valence electrons. The Morgan fingerprint density at radius 2 is 1.46 bits per heavy atom. The average molecular weight is 368 g/mol. The molecule has 4 rings (SSSR count). The normalized spacial score (nSPS) is 10.5. The zero-order valence-corrected chi connectivity index (χ0v) is 15.1. The monoisotopic (exact) mass is 368 g/mol. The van der Waals surface area contributed by atoms with Crippen molar-refractivity contribution in [2.24, 2.45) is 0 Å². The van der Waals surface area contributed by atoms with E-state index in [9.17, 15) is 4.79 Å². The third kappa shape index (κ3) is 3.88. The van der Waals surface area contributed by atoms with Crippen LogP contribution >= 0.6 is 0 Å². The molecule has 1 amide bonds. The molecule has 3 aromatic heterocycles. The van der Waals surface area contributed by atoms with Gasteiger partial charge in [0.2, 0.25) is 5.95 Å². The number of aryl methyl sites for hydroxylation is 1. The molecule has 0 spiro atoms. The minimum Gasteiger partial charge on any atom is -0.290 e. The summed E-state index contributed by atoms with van der Waals surface area (Å²) in [5, 5.41) is 2.72. The van der Waals surface area contributed by atoms with Crippen LogP contribution in [-0.2, 0) is 0 Å². The fraction of sp³-hybridized carbons (Fsp3) is 0.0476. The highest BCUT2D eigenvalue weighted by atomic mass is 16.1. The summed E-state index contributed by atoms with van der Waals surface area (Å²) in [6.07, 6.45) is 3.40. The Hall–Kier alpha value is -4.00. The molecular weight excluding hydrogens is 352 g/mol. The number of hydrogen-bond acceptors (Lipinski definition) is 6. The number of pyridine rings is 2. The molecule has 1 N–H and O–H groups in total. The van der Waals surface area contributed by atoms with Crippen molar-refractivity contribution in [1.29, 1.82) is 0 Å². The van der Waals surface area contributed by atoms with E-state index < -0.39 is 0 Å². The van der Waals surface area contributed by atoms with Crippen LogP contribution in [0, 0.1) is 6.92 Å². The predicted molar refractivity (Wildman–Crippen MR) is 105 cm³/mol. The number of carbonyl (C=O) groups is 1. The van der Waals surface area contributed by atoms with E-state index >= 15 is 0 Å². The molecule has 28 heavy (non-hydrogen) atoms. The fourth-order valence-electron chi connectivity index (χ4n) is 2.65. The van der Waals surface area contributed by atoms with Gasteiger partial charge in [-0.05, 0) is 43.3 Å². The lowest BCUT2D eigenvalue weighted by atomic mass is 10.1. The number of nitrogens with one attached hydrogen (secondary N) is 1. The largest absolute Gasteiger partial charge is 0.290 e. The summed E-state index contributed by atoms with van der Waals surface area (Å²) in [6, 6.07) is 18.4. The van der Waals surface area contributed by atoms with Crippen molar-refractivity contribution in [3.8, 4) is 22.8 Å². The highest BCUT2D eigenvalue weighted by molar-refractivity contribution is 6.03. The first kappa shape index (κ1) is 17.4. The summed E-state index contributed by atoms with van der Waals surface area (Å²) in [4.78, 5) is 33.9. The van der Waals surface area contributed by atoms with Gasteiger partial charge >= 0.3 is 0 Å². The van der Waals surface area contributed by atoms with Crippen LogP contribution in [0.2, 0.25) is 0 Å². The van der Waals surface area contributed by atoms with Gasteiger partial charge in [0.25, 0.3) is 5.91 Å². The number of amides is 1. The summed E-state index contributed by atoms with van der Waals surface area (Å²) < 4.78 is 0. The Morgan fingerprint density at radius 1 is 0.786 bits per heavy atom. The van der Waals surface area contributed by atoms with E-state index in [0.717, 1.165) is 11.3 Å². The molecule has 0 aliphatic heterocycles. The first-order valence-corrected chi connectivity index (χ1v) is 8.66. The van der Waals surface area contributed by atoms with Gasteiger partial charge < -0.3 is 0 Å². The maximum Gasteiger partial charge on any atom is 0.258 e.